The van der Waals surface area contributed by atoms with E-state index >= 15 is 0 Å². The minimum Gasteiger partial charge on any atom is -0.404 e. The highest BCUT2D eigenvalue weighted by atomic mass is 32.2. The van der Waals surface area contributed by atoms with Crippen LogP contribution in [0.5, 0.6) is 5.75 Å². The number of piperidine rings is 1. The normalized spacial score (nSPS) is 16.1. The van der Waals surface area contributed by atoms with Crippen LogP contribution in [0.4, 0.5) is 18.9 Å². The molecule has 1 heterocycles. The zero-order valence-corrected chi connectivity index (χ0v) is 17.7. The Hall–Kier alpha value is -2.59. The van der Waals surface area contributed by atoms with E-state index < -0.39 is 27.0 Å². The number of carbonyl (C=O) groups is 1. The molecule has 10 heteroatoms. The minimum atomic E-state index is -5.01. The van der Waals surface area contributed by atoms with Crippen LogP contribution in [0.2, 0.25) is 0 Å². The fourth-order valence-electron chi connectivity index (χ4n) is 3.44. The number of nitrogens with zero attached hydrogens (tertiary/aromatic N) is 1. The number of alkyl halides is 3. The fourth-order valence-corrected chi connectivity index (χ4v) is 5.02. The lowest BCUT2D eigenvalue weighted by molar-refractivity contribution is -0.275. The van der Waals surface area contributed by atoms with E-state index in [2.05, 4.69) is 10.1 Å². The summed E-state index contributed by atoms with van der Waals surface area (Å²) in [5.41, 5.74) is 1.81. The summed E-state index contributed by atoms with van der Waals surface area (Å²) in [7, 11) is -4.20. The van der Waals surface area contributed by atoms with Crippen molar-refractivity contribution in [2.24, 2.45) is 5.92 Å². The highest BCUT2D eigenvalue weighted by Gasteiger charge is 2.37. The Morgan fingerprint density at radius 2 is 1.71 bits per heavy atom. The molecular weight excluding hydrogens is 433 g/mol. The van der Waals surface area contributed by atoms with E-state index in [1.54, 1.807) is 0 Å². The molecule has 0 unspecified atom stereocenters. The molecule has 1 N–H and O–H groups in total. The highest BCUT2D eigenvalue weighted by molar-refractivity contribution is 7.89. The summed E-state index contributed by atoms with van der Waals surface area (Å²) in [4.78, 5) is 12.0. The van der Waals surface area contributed by atoms with Crippen LogP contribution in [-0.4, -0.2) is 38.1 Å². The highest BCUT2D eigenvalue weighted by Crippen LogP contribution is 2.33. The molecule has 168 valence electrons. The van der Waals surface area contributed by atoms with Gasteiger partial charge < -0.3 is 10.1 Å². The van der Waals surface area contributed by atoms with Gasteiger partial charge in [-0.1, -0.05) is 31.2 Å². The summed E-state index contributed by atoms with van der Waals surface area (Å²) in [5.74, 6) is -1.37. The van der Waals surface area contributed by atoms with Crippen molar-refractivity contribution >= 4 is 21.6 Å². The first-order valence-electron chi connectivity index (χ1n) is 9.85. The Labute approximate surface area is 179 Å². The number of rotatable bonds is 6. The Balaban J connectivity index is 1.65. The van der Waals surface area contributed by atoms with E-state index in [-0.39, 0.29) is 37.8 Å². The average molecular weight is 456 g/mol. The van der Waals surface area contributed by atoms with Crippen molar-refractivity contribution in [3.8, 4) is 5.75 Å². The maximum atomic E-state index is 12.9. The molecule has 1 amide bonds. The number of amides is 1. The quantitative estimate of drug-likeness (QED) is 0.708. The maximum absolute atomic E-state index is 12.9. The molecule has 2 aromatic rings. The van der Waals surface area contributed by atoms with Crippen LogP contribution in [0.15, 0.2) is 53.4 Å². The molecule has 0 atom stereocenters. The average Bonchev–Trinajstić information content (AvgIpc) is 2.73. The molecule has 0 aliphatic carbocycles. The SMILES string of the molecule is CCc1ccc(NC(=O)C2CCN(S(=O)(=O)c3ccccc3OC(F)(F)F)CC2)cc1. The number of carbonyl (C=O) groups excluding carboxylic acids is 1. The Morgan fingerprint density at radius 1 is 1.10 bits per heavy atom. The lowest BCUT2D eigenvalue weighted by Gasteiger charge is -2.31. The van der Waals surface area contributed by atoms with Crippen LogP contribution in [0.25, 0.3) is 0 Å². The molecular formula is C21H23F3N2O4S. The van der Waals surface area contributed by atoms with Gasteiger partial charge in [-0.3, -0.25) is 4.79 Å². The van der Waals surface area contributed by atoms with Crippen molar-refractivity contribution < 1.29 is 31.1 Å². The number of anilines is 1. The number of ether oxygens (including phenoxy) is 1. The second kappa shape index (κ2) is 9.27. The van der Waals surface area contributed by atoms with Crippen molar-refractivity contribution in [3.63, 3.8) is 0 Å². The van der Waals surface area contributed by atoms with Crippen LogP contribution < -0.4 is 10.1 Å². The number of hydrogen-bond donors (Lipinski definition) is 1. The van der Waals surface area contributed by atoms with Gasteiger partial charge in [-0.05, 0) is 49.1 Å². The molecule has 1 aliphatic rings. The van der Waals surface area contributed by atoms with Gasteiger partial charge in [0.1, 0.15) is 10.6 Å². The third kappa shape index (κ3) is 5.76. The van der Waals surface area contributed by atoms with Gasteiger partial charge in [-0.2, -0.15) is 4.31 Å². The monoisotopic (exact) mass is 456 g/mol. The molecule has 2 aromatic carbocycles. The largest absolute Gasteiger partial charge is 0.573 e. The molecule has 0 spiro atoms. The van der Waals surface area contributed by atoms with E-state index in [0.717, 1.165) is 28.4 Å². The van der Waals surface area contributed by atoms with Crippen molar-refractivity contribution in [1.82, 2.24) is 4.31 Å². The van der Waals surface area contributed by atoms with Crippen molar-refractivity contribution in [2.45, 2.75) is 37.4 Å². The molecule has 1 saturated heterocycles. The lowest BCUT2D eigenvalue weighted by Crippen LogP contribution is -2.41. The molecule has 31 heavy (non-hydrogen) atoms. The van der Waals surface area contributed by atoms with E-state index in [4.69, 9.17) is 0 Å². The summed E-state index contributed by atoms with van der Waals surface area (Å²) < 4.78 is 68.7. The van der Waals surface area contributed by atoms with Gasteiger partial charge in [0.15, 0.2) is 0 Å². The third-order valence-corrected chi connectivity index (χ3v) is 7.09. The molecule has 0 radical (unpaired) electrons. The number of hydrogen-bond acceptors (Lipinski definition) is 4. The van der Waals surface area contributed by atoms with Crippen LogP contribution in [-0.2, 0) is 21.2 Å². The van der Waals surface area contributed by atoms with Crippen LogP contribution in [0.3, 0.4) is 0 Å². The molecule has 1 aliphatic heterocycles. The number of halogens is 3. The number of aryl methyl sites for hydroxylation is 1. The van der Waals surface area contributed by atoms with Gasteiger partial charge in [0, 0.05) is 24.7 Å². The number of benzene rings is 2. The first-order valence-corrected chi connectivity index (χ1v) is 11.3. The summed E-state index contributed by atoms with van der Waals surface area (Å²) >= 11 is 0. The second-order valence-electron chi connectivity index (χ2n) is 7.21. The van der Waals surface area contributed by atoms with Crippen LogP contribution in [0.1, 0.15) is 25.3 Å². The van der Waals surface area contributed by atoms with E-state index in [1.807, 2.05) is 31.2 Å². The van der Waals surface area contributed by atoms with Gasteiger partial charge in [-0.25, -0.2) is 8.42 Å². The van der Waals surface area contributed by atoms with E-state index in [1.165, 1.54) is 12.1 Å². The predicted molar refractivity (Wildman–Crippen MR) is 109 cm³/mol. The van der Waals surface area contributed by atoms with Gasteiger partial charge in [-0.15, -0.1) is 13.2 Å². The molecule has 0 saturated carbocycles. The lowest BCUT2D eigenvalue weighted by atomic mass is 9.97. The number of nitrogens with one attached hydrogen (secondary N) is 1. The predicted octanol–water partition coefficient (Wildman–Crippen LogP) is 4.19. The summed E-state index contributed by atoms with van der Waals surface area (Å²) in [5, 5.41) is 2.83. The Kier molecular flexibility index (Phi) is 6.90. The van der Waals surface area contributed by atoms with Crippen molar-refractivity contribution in [2.75, 3.05) is 18.4 Å². The minimum absolute atomic E-state index is 0.0234. The maximum Gasteiger partial charge on any atom is 0.573 e. The molecule has 0 aromatic heterocycles. The molecule has 1 fully saturated rings. The smallest absolute Gasteiger partial charge is 0.404 e. The Bertz CT molecular complexity index is 1020. The van der Waals surface area contributed by atoms with Crippen molar-refractivity contribution in [1.29, 1.82) is 0 Å². The van der Waals surface area contributed by atoms with Crippen LogP contribution in [0, 0.1) is 5.92 Å². The second-order valence-corrected chi connectivity index (χ2v) is 9.12. The van der Waals surface area contributed by atoms with E-state index in [0.29, 0.717) is 5.69 Å². The summed E-state index contributed by atoms with van der Waals surface area (Å²) in [6, 6.07) is 12.1. The van der Waals surface area contributed by atoms with Gasteiger partial charge in [0.2, 0.25) is 15.9 Å². The molecule has 3 rings (SSSR count). The molecule has 0 bridgehead atoms. The Morgan fingerprint density at radius 3 is 2.29 bits per heavy atom. The standard InChI is InChI=1S/C21H23F3N2O4S/c1-2-15-7-9-17(10-8-15)25-20(27)16-11-13-26(14-12-16)31(28,29)19-6-4-3-5-18(19)30-21(22,23)24/h3-10,16H,2,11-14H2,1H3,(H,25,27). The van der Waals surface area contributed by atoms with Gasteiger partial charge in [0.05, 0.1) is 0 Å². The number of sulfonamides is 1. The first-order chi connectivity index (χ1) is 14.6. The zero-order valence-electron chi connectivity index (χ0n) is 16.9. The third-order valence-electron chi connectivity index (χ3n) is 5.15. The van der Waals surface area contributed by atoms with Gasteiger partial charge in [0.25, 0.3) is 0 Å². The topological polar surface area (TPSA) is 75.7 Å². The summed E-state index contributed by atoms with van der Waals surface area (Å²) in [6.45, 7) is 2.08. The first kappa shape index (κ1) is 23.1. The van der Waals surface area contributed by atoms with Gasteiger partial charge >= 0.3 is 6.36 Å². The molecule has 6 nitrogen and oxygen atoms in total. The zero-order chi connectivity index (χ0) is 22.6. The van der Waals surface area contributed by atoms with E-state index in [9.17, 15) is 26.4 Å². The fraction of sp³-hybridized carbons (Fsp3) is 0.381. The summed E-state index contributed by atoms with van der Waals surface area (Å²) in [6.07, 6.45) is -3.59. The number of para-hydroxylation sites is 1. The van der Waals surface area contributed by atoms with Crippen molar-refractivity contribution in [3.05, 3.63) is 54.1 Å². The van der Waals surface area contributed by atoms with Crippen LogP contribution >= 0.6 is 0 Å².